The highest BCUT2D eigenvalue weighted by Gasteiger charge is 2.27. The van der Waals surface area contributed by atoms with Crippen LogP contribution < -0.4 is 5.32 Å². The second-order valence-electron chi connectivity index (χ2n) is 9.12. The summed E-state index contributed by atoms with van der Waals surface area (Å²) in [6.45, 7) is 7.10. The lowest BCUT2D eigenvalue weighted by Crippen LogP contribution is -2.33. The summed E-state index contributed by atoms with van der Waals surface area (Å²) in [5.41, 5.74) is 2.67. The van der Waals surface area contributed by atoms with Crippen LogP contribution in [0.5, 0.6) is 0 Å². The molecule has 0 saturated carbocycles. The van der Waals surface area contributed by atoms with E-state index in [-0.39, 0.29) is 10.8 Å². The average molecular weight is 456 g/mol. The first-order valence-electron chi connectivity index (χ1n) is 11.6. The number of amides is 1. The van der Waals surface area contributed by atoms with Crippen molar-refractivity contribution in [3.63, 3.8) is 0 Å². The van der Waals surface area contributed by atoms with Gasteiger partial charge in [-0.3, -0.25) is 9.69 Å². The molecule has 1 atom stereocenters. The number of sulfonamides is 1. The minimum Gasteiger partial charge on any atom is -0.348 e. The number of piperidine rings is 1. The van der Waals surface area contributed by atoms with Crippen molar-refractivity contribution in [2.24, 2.45) is 5.92 Å². The Morgan fingerprint density at radius 2 is 1.72 bits per heavy atom. The van der Waals surface area contributed by atoms with Gasteiger partial charge in [-0.1, -0.05) is 37.3 Å². The average Bonchev–Trinajstić information content (AvgIpc) is 3.35. The van der Waals surface area contributed by atoms with Crippen LogP contribution in [0.2, 0.25) is 0 Å². The summed E-state index contributed by atoms with van der Waals surface area (Å²) >= 11 is 0. The van der Waals surface area contributed by atoms with Crippen LogP contribution in [0.25, 0.3) is 0 Å². The van der Waals surface area contributed by atoms with Crippen LogP contribution in [0.3, 0.4) is 0 Å². The fourth-order valence-corrected chi connectivity index (χ4v) is 6.17. The fraction of sp³-hybridized carbons (Fsp3) is 0.480. The summed E-state index contributed by atoms with van der Waals surface area (Å²) in [6.07, 6.45) is 4.36. The Morgan fingerprint density at radius 3 is 2.44 bits per heavy atom. The van der Waals surface area contributed by atoms with Gasteiger partial charge in [-0.25, -0.2) is 8.42 Å². The second-order valence-corrected chi connectivity index (χ2v) is 11.1. The molecule has 2 aromatic carbocycles. The Balaban J connectivity index is 1.33. The highest BCUT2D eigenvalue weighted by atomic mass is 32.2. The van der Waals surface area contributed by atoms with Crippen molar-refractivity contribution in [1.29, 1.82) is 0 Å². The molecule has 7 heteroatoms. The lowest BCUT2D eigenvalue weighted by Gasteiger charge is -2.30. The third-order valence-electron chi connectivity index (χ3n) is 6.42. The molecule has 4 rings (SSSR count). The molecule has 1 amide bonds. The van der Waals surface area contributed by atoms with Crippen LogP contribution in [0.1, 0.15) is 54.1 Å². The first-order chi connectivity index (χ1) is 15.4. The zero-order valence-electron chi connectivity index (χ0n) is 18.8. The van der Waals surface area contributed by atoms with Crippen molar-refractivity contribution >= 4 is 15.9 Å². The molecule has 0 spiro atoms. The molecule has 0 aliphatic carbocycles. The molecule has 172 valence electrons. The van der Waals surface area contributed by atoms with Gasteiger partial charge in [0.2, 0.25) is 10.0 Å². The largest absolute Gasteiger partial charge is 0.348 e. The lowest BCUT2D eigenvalue weighted by atomic mass is 9.99. The highest BCUT2D eigenvalue weighted by Crippen LogP contribution is 2.22. The summed E-state index contributed by atoms with van der Waals surface area (Å²) in [7, 11) is -3.53. The van der Waals surface area contributed by atoms with Crippen LogP contribution in [0.4, 0.5) is 0 Å². The van der Waals surface area contributed by atoms with Crippen LogP contribution in [-0.4, -0.2) is 49.7 Å². The van der Waals surface area contributed by atoms with Gasteiger partial charge in [0.1, 0.15) is 0 Å². The molecule has 2 fully saturated rings. The molecular formula is C25H33N3O3S. The van der Waals surface area contributed by atoms with E-state index < -0.39 is 10.0 Å². The molecule has 0 bridgehead atoms. The molecule has 2 aliphatic rings. The summed E-state index contributed by atoms with van der Waals surface area (Å²) in [5, 5.41) is 2.91. The lowest BCUT2D eigenvalue weighted by molar-refractivity contribution is 0.0950. The maximum Gasteiger partial charge on any atom is 0.251 e. The maximum absolute atomic E-state index is 12.8. The molecule has 2 aliphatic heterocycles. The minimum atomic E-state index is -3.53. The SMILES string of the molecule is CC1CCCN(Cc2ccc(CNC(=O)c3cccc(S(=O)(=O)N4CCCC4)c3)cc2)C1. The van der Waals surface area contributed by atoms with Gasteiger partial charge in [-0.15, -0.1) is 0 Å². The first kappa shape index (κ1) is 23.0. The van der Waals surface area contributed by atoms with E-state index in [1.807, 2.05) is 0 Å². The van der Waals surface area contributed by atoms with Crippen LogP contribution in [-0.2, 0) is 23.1 Å². The molecule has 6 nitrogen and oxygen atoms in total. The van der Waals surface area contributed by atoms with Crippen molar-refractivity contribution < 1.29 is 13.2 Å². The molecule has 1 unspecified atom stereocenters. The molecular weight excluding hydrogens is 422 g/mol. The normalized spacial score (nSPS) is 20.3. The molecule has 2 saturated heterocycles. The predicted octanol–water partition coefficient (Wildman–Crippen LogP) is 3.63. The van der Waals surface area contributed by atoms with E-state index in [9.17, 15) is 13.2 Å². The Hall–Kier alpha value is -2.22. The Bertz CT molecular complexity index is 1030. The number of likely N-dealkylation sites (tertiary alicyclic amines) is 1. The van der Waals surface area contributed by atoms with Crippen LogP contribution in [0, 0.1) is 5.92 Å². The molecule has 1 N–H and O–H groups in total. The van der Waals surface area contributed by atoms with Gasteiger partial charge in [0.05, 0.1) is 4.90 Å². The number of nitrogens with zero attached hydrogens (tertiary/aromatic N) is 2. The topological polar surface area (TPSA) is 69.7 Å². The van der Waals surface area contributed by atoms with Gasteiger partial charge in [0.15, 0.2) is 0 Å². The van der Waals surface area contributed by atoms with Crippen molar-refractivity contribution in [2.45, 2.75) is 50.6 Å². The standard InChI is InChI=1S/C25H33N3O3S/c1-20-6-5-13-27(18-20)19-22-11-9-21(10-12-22)17-26-25(29)23-7-4-8-24(16-23)32(30,31)28-14-2-3-15-28/h4,7-12,16,20H,2-3,5-6,13-15,17-19H2,1H3,(H,26,29). The smallest absolute Gasteiger partial charge is 0.251 e. The number of carbonyl (C=O) groups is 1. The van der Waals surface area contributed by atoms with Crippen LogP contribution in [0.15, 0.2) is 53.4 Å². The van der Waals surface area contributed by atoms with Gasteiger partial charge in [-0.2, -0.15) is 4.31 Å². The molecule has 0 aromatic heterocycles. The zero-order valence-corrected chi connectivity index (χ0v) is 19.6. The summed E-state index contributed by atoms with van der Waals surface area (Å²) in [6, 6.07) is 14.7. The number of nitrogens with one attached hydrogen (secondary N) is 1. The number of hydrogen-bond donors (Lipinski definition) is 1. The van der Waals surface area contributed by atoms with E-state index in [1.165, 1.54) is 28.8 Å². The van der Waals surface area contributed by atoms with Crippen molar-refractivity contribution in [2.75, 3.05) is 26.2 Å². The summed E-state index contributed by atoms with van der Waals surface area (Å²) in [5.74, 6) is 0.497. The summed E-state index contributed by atoms with van der Waals surface area (Å²) < 4.78 is 27.0. The maximum atomic E-state index is 12.8. The number of benzene rings is 2. The fourth-order valence-electron chi connectivity index (χ4n) is 4.61. The van der Waals surface area contributed by atoms with Gasteiger partial charge < -0.3 is 5.32 Å². The van der Waals surface area contributed by atoms with E-state index >= 15 is 0 Å². The third-order valence-corrected chi connectivity index (χ3v) is 8.32. The third kappa shape index (κ3) is 5.57. The van der Waals surface area contributed by atoms with Crippen molar-refractivity contribution in [3.05, 3.63) is 65.2 Å². The van der Waals surface area contributed by atoms with E-state index in [4.69, 9.17) is 0 Å². The van der Waals surface area contributed by atoms with E-state index in [2.05, 4.69) is 41.4 Å². The zero-order chi connectivity index (χ0) is 22.6. The Morgan fingerprint density at radius 1 is 1.00 bits per heavy atom. The van der Waals surface area contributed by atoms with Gasteiger partial charge in [0.25, 0.3) is 5.91 Å². The number of carbonyl (C=O) groups excluding carboxylic acids is 1. The van der Waals surface area contributed by atoms with E-state index in [0.29, 0.717) is 25.2 Å². The molecule has 32 heavy (non-hydrogen) atoms. The summed E-state index contributed by atoms with van der Waals surface area (Å²) in [4.78, 5) is 15.3. The minimum absolute atomic E-state index is 0.184. The van der Waals surface area contributed by atoms with Crippen molar-refractivity contribution in [3.8, 4) is 0 Å². The highest BCUT2D eigenvalue weighted by molar-refractivity contribution is 7.89. The second kappa shape index (κ2) is 10.1. The van der Waals surface area contributed by atoms with Gasteiger partial charge in [0, 0.05) is 38.3 Å². The number of rotatable bonds is 7. The Kier molecular flexibility index (Phi) is 7.28. The predicted molar refractivity (Wildman–Crippen MR) is 126 cm³/mol. The van der Waals surface area contributed by atoms with E-state index in [1.54, 1.807) is 18.2 Å². The Labute approximate surface area is 191 Å². The molecule has 0 radical (unpaired) electrons. The molecule has 2 heterocycles. The molecule has 2 aromatic rings. The van der Waals surface area contributed by atoms with Crippen LogP contribution >= 0.6 is 0 Å². The van der Waals surface area contributed by atoms with Gasteiger partial charge in [-0.05, 0) is 67.5 Å². The van der Waals surface area contributed by atoms with Gasteiger partial charge >= 0.3 is 0 Å². The first-order valence-corrected chi connectivity index (χ1v) is 13.0. The quantitative estimate of drug-likeness (QED) is 0.692. The number of hydrogen-bond acceptors (Lipinski definition) is 4. The van der Waals surface area contributed by atoms with Crippen molar-refractivity contribution in [1.82, 2.24) is 14.5 Å². The van der Waals surface area contributed by atoms with E-state index in [0.717, 1.165) is 44.0 Å². The monoisotopic (exact) mass is 455 g/mol.